The van der Waals surface area contributed by atoms with Gasteiger partial charge in [-0.25, -0.2) is 5.43 Å². The van der Waals surface area contributed by atoms with E-state index in [0.717, 1.165) is 30.0 Å². The summed E-state index contributed by atoms with van der Waals surface area (Å²) in [4.78, 5) is 6.41. The number of aryl methyl sites for hydroxylation is 1. The molecule has 0 aliphatic rings. The molecule has 2 aromatic rings. The average Bonchev–Trinajstić information content (AvgIpc) is 2.81. The number of likely N-dealkylation sites (N-methyl/N-ethyl adjacent to an activating group) is 1. The summed E-state index contributed by atoms with van der Waals surface area (Å²) >= 11 is 6.32. The molecule has 1 atom stereocenters. The second-order valence-corrected chi connectivity index (χ2v) is 5.59. The highest BCUT2D eigenvalue weighted by Crippen LogP contribution is 2.28. The summed E-state index contributed by atoms with van der Waals surface area (Å²) in [6, 6.07) is 3.64. The van der Waals surface area contributed by atoms with Gasteiger partial charge < -0.3 is 4.90 Å². The molecular formula is C14H21ClN6. The van der Waals surface area contributed by atoms with Crippen molar-refractivity contribution in [3.8, 4) is 0 Å². The van der Waals surface area contributed by atoms with Gasteiger partial charge in [0, 0.05) is 18.4 Å². The molecule has 2 heterocycles. The van der Waals surface area contributed by atoms with Crippen molar-refractivity contribution in [2.75, 3.05) is 20.6 Å². The van der Waals surface area contributed by atoms with Crippen molar-refractivity contribution in [2.24, 2.45) is 5.84 Å². The van der Waals surface area contributed by atoms with Crippen molar-refractivity contribution in [3.63, 3.8) is 0 Å². The lowest BCUT2D eigenvalue weighted by atomic mass is 10.0. The molecule has 0 bridgehead atoms. The van der Waals surface area contributed by atoms with Crippen molar-refractivity contribution in [1.82, 2.24) is 25.1 Å². The predicted octanol–water partition coefficient (Wildman–Crippen LogP) is 1.35. The summed E-state index contributed by atoms with van der Waals surface area (Å²) in [5.74, 6) is 5.77. The van der Waals surface area contributed by atoms with E-state index in [1.807, 2.05) is 37.8 Å². The van der Waals surface area contributed by atoms with Gasteiger partial charge in [0.05, 0.1) is 29.5 Å². The van der Waals surface area contributed by atoms with Crippen molar-refractivity contribution < 1.29 is 0 Å². The largest absolute Gasteiger partial charge is 0.308 e. The van der Waals surface area contributed by atoms with E-state index in [-0.39, 0.29) is 6.04 Å². The minimum atomic E-state index is -0.240. The molecule has 0 saturated heterocycles. The number of rotatable bonds is 6. The molecule has 0 aromatic carbocycles. The molecule has 6 nitrogen and oxygen atoms in total. The summed E-state index contributed by atoms with van der Waals surface area (Å²) in [5, 5.41) is 4.95. The van der Waals surface area contributed by atoms with E-state index >= 15 is 0 Å². The lowest BCUT2D eigenvalue weighted by molar-refractivity contribution is 0.365. The lowest BCUT2D eigenvalue weighted by Gasteiger charge is -2.21. The minimum Gasteiger partial charge on any atom is -0.308 e. The van der Waals surface area contributed by atoms with E-state index in [2.05, 4.69) is 20.4 Å². The van der Waals surface area contributed by atoms with E-state index < -0.39 is 0 Å². The Morgan fingerprint density at radius 2 is 2.24 bits per heavy atom. The molecule has 114 valence electrons. The number of hydrogen-bond acceptors (Lipinski definition) is 5. The normalized spacial score (nSPS) is 12.9. The van der Waals surface area contributed by atoms with Gasteiger partial charge in [-0.1, -0.05) is 17.7 Å². The van der Waals surface area contributed by atoms with Crippen LogP contribution in [-0.4, -0.2) is 40.3 Å². The van der Waals surface area contributed by atoms with Crippen LogP contribution in [0.3, 0.4) is 0 Å². The Labute approximate surface area is 129 Å². The Kier molecular flexibility index (Phi) is 5.30. The molecule has 0 fully saturated rings. The highest BCUT2D eigenvalue weighted by atomic mass is 35.5. The van der Waals surface area contributed by atoms with Gasteiger partial charge in [0.2, 0.25) is 0 Å². The molecule has 0 aliphatic heterocycles. The summed E-state index contributed by atoms with van der Waals surface area (Å²) in [6.07, 6.45) is 3.42. The van der Waals surface area contributed by atoms with Crippen LogP contribution in [0.2, 0.25) is 5.02 Å². The standard InChI is InChI=1S/C14H21ClN6/c1-10-11(5-4-6-17-10)13(19-16)14-12(15)9-18-21(14)8-7-20(2)3/h4-6,9,13,19H,7-8,16H2,1-3H3. The highest BCUT2D eigenvalue weighted by molar-refractivity contribution is 6.31. The van der Waals surface area contributed by atoms with Crippen LogP contribution in [0, 0.1) is 6.92 Å². The van der Waals surface area contributed by atoms with E-state index in [9.17, 15) is 0 Å². The SMILES string of the molecule is Cc1ncccc1C(NN)c1c(Cl)cnn1CCN(C)C. The Bertz CT molecular complexity index is 595. The molecule has 0 radical (unpaired) electrons. The van der Waals surface area contributed by atoms with E-state index in [0.29, 0.717) is 5.02 Å². The zero-order chi connectivity index (χ0) is 15.4. The fraction of sp³-hybridized carbons (Fsp3) is 0.429. The molecule has 21 heavy (non-hydrogen) atoms. The third kappa shape index (κ3) is 3.59. The maximum absolute atomic E-state index is 6.32. The third-order valence-electron chi connectivity index (χ3n) is 3.39. The van der Waals surface area contributed by atoms with Crippen LogP contribution in [0.25, 0.3) is 0 Å². The van der Waals surface area contributed by atoms with Crippen LogP contribution < -0.4 is 11.3 Å². The second-order valence-electron chi connectivity index (χ2n) is 5.18. The average molecular weight is 309 g/mol. The number of aromatic nitrogens is 3. The quantitative estimate of drug-likeness (QED) is 0.623. The summed E-state index contributed by atoms with van der Waals surface area (Å²) in [5.41, 5.74) is 5.60. The van der Waals surface area contributed by atoms with Crippen LogP contribution in [0.5, 0.6) is 0 Å². The first-order valence-corrected chi connectivity index (χ1v) is 7.16. The van der Waals surface area contributed by atoms with Crippen molar-refractivity contribution in [1.29, 1.82) is 0 Å². The number of nitrogens with one attached hydrogen (secondary N) is 1. The van der Waals surface area contributed by atoms with E-state index in [1.165, 1.54) is 0 Å². The first-order chi connectivity index (χ1) is 10.0. The van der Waals surface area contributed by atoms with Crippen molar-refractivity contribution in [2.45, 2.75) is 19.5 Å². The summed E-state index contributed by atoms with van der Waals surface area (Å²) in [6.45, 7) is 3.56. The third-order valence-corrected chi connectivity index (χ3v) is 3.68. The zero-order valence-corrected chi connectivity index (χ0v) is 13.3. The minimum absolute atomic E-state index is 0.240. The molecule has 2 aromatic heterocycles. The first-order valence-electron chi connectivity index (χ1n) is 6.78. The zero-order valence-electron chi connectivity index (χ0n) is 12.5. The molecule has 0 aliphatic carbocycles. The summed E-state index contributed by atoms with van der Waals surface area (Å²) in [7, 11) is 4.05. The fourth-order valence-electron chi connectivity index (χ4n) is 2.25. The summed E-state index contributed by atoms with van der Waals surface area (Å²) < 4.78 is 1.89. The molecule has 0 spiro atoms. The maximum Gasteiger partial charge on any atom is 0.0910 e. The number of halogens is 1. The fourth-order valence-corrected chi connectivity index (χ4v) is 2.50. The van der Waals surface area contributed by atoms with Gasteiger partial charge in [-0.3, -0.25) is 15.5 Å². The van der Waals surface area contributed by atoms with Crippen molar-refractivity contribution >= 4 is 11.6 Å². The smallest absolute Gasteiger partial charge is 0.0910 e. The molecule has 7 heteroatoms. The van der Waals surface area contributed by atoms with Crippen LogP contribution in [0.1, 0.15) is 23.0 Å². The number of pyridine rings is 1. The van der Waals surface area contributed by atoms with Gasteiger partial charge in [0.15, 0.2) is 0 Å². The molecule has 2 rings (SSSR count). The van der Waals surface area contributed by atoms with Crippen LogP contribution >= 0.6 is 11.6 Å². The Morgan fingerprint density at radius 3 is 2.86 bits per heavy atom. The molecule has 0 amide bonds. The van der Waals surface area contributed by atoms with Crippen LogP contribution in [0.4, 0.5) is 0 Å². The Hall–Kier alpha value is -1.47. The highest BCUT2D eigenvalue weighted by Gasteiger charge is 2.22. The number of hydrogen-bond donors (Lipinski definition) is 2. The van der Waals surface area contributed by atoms with Crippen LogP contribution in [0.15, 0.2) is 24.5 Å². The first kappa shape index (κ1) is 15.9. The number of nitrogens with zero attached hydrogens (tertiary/aromatic N) is 4. The monoisotopic (exact) mass is 308 g/mol. The van der Waals surface area contributed by atoms with Crippen molar-refractivity contribution in [3.05, 3.63) is 46.5 Å². The van der Waals surface area contributed by atoms with Gasteiger partial charge in [-0.2, -0.15) is 5.10 Å². The lowest BCUT2D eigenvalue weighted by Crippen LogP contribution is -2.32. The molecule has 3 N–H and O–H groups in total. The Balaban J connectivity index is 2.38. The number of nitrogens with two attached hydrogens (primary N) is 1. The molecule has 0 saturated carbocycles. The number of hydrazine groups is 1. The van der Waals surface area contributed by atoms with Gasteiger partial charge >= 0.3 is 0 Å². The van der Waals surface area contributed by atoms with Gasteiger partial charge in [0.1, 0.15) is 0 Å². The second kappa shape index (κ2) is 7.00. The van der Waals surface area contributed by atoms with Crippen LogP contribution in [-0.2, 0) is 6.54 Å². The van der Waals surface area contributed by atoms with Gasteiger partial charge in [0.25, 0.3) is 0 Å². The predicted molar refractivity (Wildman–Crippen MR) is 83.9 cm³/mol. The Morgan fingerprint density at radius 1 is 1.48 bits per heavy atom. The topological polar surface area (TPSA) is 72.0 Å². The van der Waals surface area contributed by atoms with Gasteiger partial charge in [-0.05, 0) is 32.6 Å². The van der Waals surface area contributed by atoms with E-state index in [1.54, 1.807) is 12.4 Å². The van der Waals surface area contributed by atoms with Gasteiger partial charge in [-0.15, -0.1) is 0 Å². The molecule has 1 unspecified atom stereocenters. The molecular weight excluding hydrogens is 288 g/mol. The maximum atomic E-state index is 6.32. The van der Waals surface area contributed by atoms with E-state index in [4.69, 9.17) is 17.4 Å².